The van der Waals surface area contributed by atoms with Gasteiger partial charge in [0.25, 0.3) is 0 Å². The van der Waals surface area contributed by atoms with Crippen molar-refractivity contribution in [2.24, 2.45) is 5.73 Å². The number of rotatable bonds is 3. The third-order valence-corrected chi connectivity index (χ3v) is 3.67. The number of aromatic nitrogens is 4. The number of hydrogen-bond donors (Lipinski definition) is 1. The number of benzene rings is 1. The van der Waals surface area contributed by atoms with Crippen LogP contribution in [0.15, 0.2) is 35.7 Å². The molecule has 2 N–H and O–H groups in total. The van der Waals surface area contributed by atoms with E-state index in [1.807, 2.05) is 47.2 Å². The SMILES string of the molecule is Cc1nnc(-c2csc(CN)n2)n1-c1ccccc1. The fraction of sp³-hybridized carbons (Fsp3) is 0.154. The zero-order valence-corrected chi connectivity index (χ0v) is 11.3. The molecule has 0 aliphatic carbocycles. The first-order valence-electron chi connectivity index (χ1n) is 5.92. The summed E-state index contributed by atoms with van der Waals surface area (Å²) in [5.41, 5.74) is 7.45. The van der Waals surface area contributed by atoms with Gasteiger partial charge in [0, 0.05) is 17.6 Å². The van der Waals surface area contributed by atoms with E-state index in [2.05, 4.69) is 15.2 Å². The van der Waals surface area contributed by atoms with E-state index in [0.29, 0.717) is 6.54 Å². The first kappa shape index (κ1) is 12.0. The number of para-hydroxylation sites is 1. The van der Waals surface area contributed by atoms with E-state index in [9.17, 15) is 0 Å². The Hall–Kier alpha value is -2.05. The summed E-state index contributed by atoms with van der Waals surface area (Å²) in [6.07, 6.45) is 0. The topological polar surface area (TPSA) is 69.6 Å². The number of thiazole rings is 1. The molecule has 19 heavy (non-hydrogen) atoms. The van der Waals surface area contributed by atoms with Gasteiger partial charge in [-0.1, -0.05) is 18.2 Å². The van der Waals surface area contributed by atoms with Crippen molar-refractivity contribution in [3.63, 3.8) is 0 Å². The summed E-state index contributed by atoms with van der Waals surface area (Å²) < 4.78 is 2.00. The zero-order chi connectivity index (χ0) is 13.2. The van der Waals surface area contributed by atoms with E-state index in [1.54, 1.807) is 11.3 Å². The molecule has 5 nitrogen and oxygen atoms in total. The molecule has 0 saturated carbocycles. The smallest absolute Gasteiger partial charge is 0.188 e. The van der Waals surface area contributed by atoms with Gasteiger partial charge in [0.05, 0.1) is 0 Å². The molecule has 0 atom stereocenters. The lowest BCUT2D eigenvalue weighted by Gasteiger charge is -2.06. The summed E-state index contributed by atoms with van der Waals surface area (Å²) in [4.78, 5) is 4.47. The highest BCUT2D eigenvalue weighted by molar-refractivity contribution is 7.09. The predicted octanol–water partition coefficient (Wildman–Crippen LogP) is 2.16. The third-order valence-electron chi connectivity index (χ3n) is 2.79. The van der Waals surface area contributed by atoms with Crippen LogP contribution in [-0.2, 0) is 6.54 Å². The van der Waals surface area contributed by atoms with Crippen LogP contribution in [0.3, 0.4) is 0 Å². The molecular formula is C13H13N5S. The van der Waals surface area contributed by atoms with Crippen molar-refractivity contribution >= 4 is 11.3 Å². The fourth-order valence-electron chi connectivity index (χ4n) is 1.92. The Morgan fingerprint density at radius 1 is 1.21 bits per heavy atom. The maximum absolute atomic E-state index is 5.60. The first-order chi connectivity index (χ1) is 9.29. The van der Waals surface area contributed by atoms with Crippen molar-refractivity contribution in [2.75, 3.05) is 0 Å². The van der Waals surface area contributed by atoms with E-state index < -0.39 is 0 Å². The monoisotopic (exact) mass is 271 g/mol. The van der Waals surface area contributed by atoms with Gasteiger partial charge in [0.15, 0.2) is 5.82 Å². The molecule has 0 saturated heterocycles. The van der Waals surface area contributed by atoms with E-state index in [1.165, 1.54) is 0 Å². The minimum absolute atomic E-state index is 0.448. The lowest BCUT2D eigenvalue weighted by molar-refractivity contribution is 0.968. The van der Waals surface area contributed by atoms with Gasteiger partial charge in [0.1, 0.15) is 16.5 Å². The number of hydrogen-bond acceptors (Lipinski definition) is 5. The zero-order valence-electron chi connectivity index (χ0n) is 10.4. The molecule has 0 aliphatic rings. The third kappa shape index (κ3) is 2.16. The van der Waals surface area contributed by atoms with Gasteiger partial charge in [-0.25, -0.2) is 4.98 Å². The lowest BCUT2D eigenvalue weighted by atomic mass is 10.3. The summed E-state index contributed by atoms with van der Waals surface area (Å²) in [6, 6.07) is 10.0. The van der Waals surface area contributed by atoms with Crippen LogP contribution in [0.2, 0.25) is 0 Å². The standard InChI is InChI=1S/C13H13N5S/c1-9-16-17-13(11-8-19-12(7-14)15-11)18(9)10-5-3-2-4-6-10/h2-6,8H,7,14H2,1H3. The van der Waals surface area contributed by atoms with Crippen molar-refractivity contribution in [1.29, 1.82) is 0 Å². The molecule has 0 fully saturated rings. The average molecular weight is 271 g/mol. The van der Waals surface area contributed by atoms with E-state index in [0.717, 1.165) is 28.0 Å². The second-order valence-electron chi connectivity index (χ2n) is 4.07. The Morgan fingerprint density at radius 2 is 2.00 bits per heavy atom. The van der Waals surface area contributed by atoms with Crippen LogP contribution in [0.1, 0.15) is 10.8 Å². The van der Waals surface area contributed by atoms with Gasteiger partial charge in [-0.05, 0) is 19.1 Å². The maximum atomic E-state index is 5.60. The van der Waals surface area contributed by atoms with Crippen LogP contribution < -0.4 is 5.73 Å². The minimum Gasteiger partial charge on any atom is -0.325 e. The van der Waals surface area contributed by atoms with Crippen LogP contribution in [0.4, 0.5) is 0 Å². The van der Waals surface area contributed by atoms with Gasteiger partial charge in [0.2, 0.25) is 0 Å². The van der Waals surface area contributed by atoms with Crippen LogP contribution in [0.5, 0.6) is 0 Å². The molecule has 2 heterocycles. The first-order valence-corrected chi connectivity index (χ1v) is 6.80. The normalized spacial score (nSPS) is 10.8. The summed E-state index contributed by atoms with van der Waals surface area (Å²) >= 11 is 1.54. The van der Waals surface area contributed by atoms with Gasteiger partial charge < -0.3 is 5.73 Å². The molecule has 0 unspecified atom stereocenters. The fourth-order valence-corrected chi connectivity index (χ4v) is 2.57. The quantitative estimate of drug-likeness (QED) is 0.792. The van der Waals surface area contributed by atoms with Crippen molar-refractivity contribution in [3.8, 4) is 17.2 Å². The number of nitrogens with zero attached hydrogens (tertiary/aromatic N) is 4. The number of nitrogens with two attached hydrogens (primary N) is 1. The summed E-state index contributed by atoms with van der Waals surface area (Å²) in [7, 11) is 0. The molecule has 6 heteroatoms. The van der Waals surface area contributed by atoms with E-state index >= 15 is 0 Å². The van der Waals surface area contributed by atoms with Crippen molar-refractivity contribution < 1.29 is 0 Å². The molecule has 0 bridgehead atoms. The number of aryl methyl sites for hydroxylation is 1. The molecule has 0 aliphatic heterocycles. The summed E-state index contributed by atoms with van der Waals surface area (Å²) in [5.74, 6) is 1.59. The van der Waals surface area contributed by atoms with Gasteiger partial charge in [-0.3, -0.25) is 4.57 Å². The van der Waals surface area contributed by atoms with Crippen molar-refractivity contribution in [3.05, 3.63) is 46.5 Å². The van der Waals surface area contributed by atoms with Crippen molar-refractivity contribution in [1.82, 2.24) is 19.7 Å². The Balaban J connectivity index is 2.13. The van der Waals surface area contributed by atoms with Gasteiger partial charge in [-0.2, -0.15) is 0 Å². The summed E-state index contributed by atoms with van der Waals surface area (Å²) in [6.45, 7) is 2.38. The Morgan fingerprint density at radius 3 is 2.68 bits per heavy atom. The lowest BCUT2D eigenvalue weighted by Crippen LogP contribution is -2.00. The molecule has 0 amide bonds. The molecule has 0 spiro atoms. The minimum atomic E-state index is 0.448. The molecule has 96 valence electrons. The highest BCUT2D eigenvalue weighted by Gasteiger charge is 2.15. The summed E-state index contributed by atoms with van der Waals surface area (Å²) in [5, 5.41) is 11.2. The molecule has 3 rings (SSSR count). The maximum Gasteiger partial charge on any atom is 0.188 e. The van der Waals surface area contributed by atoms with Crippen molar-refractivity contribution in [2.45, 2.75) is 13.5 Å². The predicted molar refractivity (Wildman–Crippen MR) is 75.1 cm³/mol. The molecular weight excluding hydrogens is 258 g/mol. The average Bonchev–Trinajstić information content (AvgIpc) is 3.05. The highest BCUT2D eigenvalue weighted by Crippen LogP contribution is 2.23. The van der Waals surface area contributed by atoms with Crippen LogP contribution in [-0.4, -0.2) is 19.7 Å². The largest absolute Gasteiger partial charge is 0.325 e. The van der Waals surface area contributed by atoms with E-state index in [-0.39, 0.29) is 0 Å². The molecule has 2 aromatic heterocycles. The second kappa shape index (κ2) is 4.91. The molecule has 3 aromatic rings. The molecule has 0 radical (unpaired) electrons. The van der Waals surface area contributed by atoms with E-state index in [4.69, 9.17) is 5.73 Å². The highest BCUT2D eigenvalue weighted by atomic mass is 32.1. The van der Waals surface area contributed by atoms with Crippen LogP contribution in [0.25, 0.3) is 17.2 Å². The second-order valence-corrected chi connectivity index (χ2v) is 5.02. The molecule has 1 aromatic carbocycles. The van der Waals surface area contributed by atoms with Crippen LogP contribution >= 0.6 is 11.3 Å². The Kier molecular flexibility index (Phi) is 3.10. The van der Waals surface area contributed by atoms with Gasteiger partial charge >= 0.3 is 0 Å². The Labute approximate surface area is 114 Å². The Bertz CT molecular complexity index is 686. The van der Waals surface area contributed by atoms with Crippen LogP contribution in [0, 0.1) is 6.92 Å². The van der Waals surface area contributed by atoms with Gasteiger partial charge in [-0.15, -0.1) is 21.5 Å².